The molecule has 1 aliphatic rings. The Labute approximate surface area is 73.2 Å². The molecule has 2 heteroatoms. The van der Waals surface area contributed by atoms with E-state index in [2.05, 4.69) is 0 Å². The monoisotopic (exact) mass is 156 g/mol. The van der Waals surface area contributed by atoms with Gasteiger partial charge in [-0.1, -0.05) is 23.2 Å². The molecule has 0 heterocycles. The number of aryl methyl sites for hydroxylation is 2. The van der Waals surface area contributed by atoms with Gasteiger partial charge < -0.3 is 0 Å². The Kier molecular flexibility index (Phi) is 1.57. The van der Waals surface area contributed by atoms with Crippen LogP contribution in [0, 0.1) is 6.92 Å². The number of carbonyl (C=O) groups excluding carboxylic acids is 1. The predicted molar refractivity (Wildman–Crippen MR) is 49.2 cm³/mol. The quantitative estimate of drug-likeness (QED) is 0.510. The van der Waals surface area contributed by atoms with E-state index in [0.29, 0.717) is 11.9 Å². The first-order valence-corrected chi connectivity index (χ1v) is 4.11. The smallest absolute Gasteiger partial charge is 0.162 e. The fraction of sp³-hybridized carbons (Fsp3) is 0.300. The fourth-order valence-electron chi connectivity index (χ4n) is 1.68. The summed E-state index contributed by atoms with van der Waals surface area (Å²) in [5.74, 6) is 0.200. The van der Waals surface area contributed by atoms with Gasteiger partial charge in [0, 0.05) is 12.0 Å². The van der Waals surface area contributed by atoms with Gasteiger partial charge >= 0.3 is 0 Å². The zero-order valence-electron chi connectivity index (χ0n) is 7.05. The molecule has 2 rings (SSSR count). The molecule has 2 radical (unpaired) electrons. The summed E-state index contributed by atoms with van der Waals surface area (Å²) in [6, 6.07) is 3.98. The summed E-state index contributed by atoms with van der Waals surface area (Å²) in [5.41, 5.74) is 3.57. The van der Waals surface area contributed by atoms with Crippen LogP contribution in [0.5, 0.6) is 0 Å². The number of rotatable bonds is 0. The van der Waals surface area contributed by atoms with Crippen molar-refractivity contribution in [2.24, 2.45) is 0 Å². The van der Waals surface area contributed by atoms with Crippen molar-refractivity contribution in [1.82, 2.24) is 0 Å². The molecule has 1 aromatic rings. The summed E-state index contributed by atoms with van der Waals surface area (Å²) in [7, 11) is 5.80. The molecule has 0 atom stereocenters. The van der Waals surface area contributed by atoms with E-state index in [-0.39, 0.29) is 5.78 Å². The number of Topliss-reactive ketones (excluding diaryl/α,β-unsaturated/α-hetero) is 1. The number of fused-ring (bicyclic) bond motifs is 1. The molecular weight excluding hydrogens is 147 g/mol. The molecule has 1 aliphatic carbocycles. The highest BCUT2D eigenvalue weighted by Crippen LogP contribution is 2.20. The lowest BCUT2D eigenvalue weighted by Crippen LogP contribution is -2.16. The molecule has 58 valence electrons. The van der Waals surface area contributed by atoms with Crippen molar-refractivity contribution in [2.45, 2.75) is 19.8 Å². The van der Waals surface area contributed by atoms with Crippen molar-refractivity contribution in [3.8, 4) is 0 Å². The zero-order chi connectivity index (χ0) is 8.72. The van der Waals surface area contributed by atoms with E-state index in [4.69, 9.17) is 7.85 Å². The number of hydrogen-bond acceptors (Lipinski definition) is 1. The lowest BCUT2D eigenvalue weighted by molar-refractivity contribution is 0.0995. The Morgan fingerprint density at radius 2 is 2.08 bits per heavy atom. The molecule has 0 amide bonds. The van der Waals surface area contributed by atoms with Gasteiger partial charge in [0.15, 0.2) is 5.78 Å². The predicted octanol–water partition coefficient (Wildman–Crippen LogP) is 0.918. The van der Waals surface area contributed by atoms with E-state index in [9.17, 15) is 4.79 Å². The Bertz CT molecular complexity index is 355. The van der Waals surface area contributed by atoms with Gasteiger partial charge in [-0.05, 0) is 18.9 Å². The molecule has 0 aromatic heterocycles. The molecule has 0 saturated heterocycles. The van der Waals surface area contributed by atoms with Gasteiger partial charge in [0.2, 0.25) is 0 Å². The maximum Gasteiger partial charge on any atom is 0.162 e. The van der Waals surface area contributed by atoms with Crippen LogP contribution in [0.25, 0.3) is 0 Å². The molecule has 12 heavy (non-hydrogen) atoms. The lowest BCUT2D eigenvalue weighted by atomic mass is 9.84. The van der Waals surface area contributed by atoms with Crippen LogP contribution >= 0.6 is 0 Å². The van der Waals surface area contributed by atoms with Gasteiger partial charge in [0.1, 0.15) is 7.85 Å². The maximum atomic E-state index is 11.4. The van der Waals surface area contributed by atoms with Crippen LogP contribution in [-0.2, 0) is 6.42 Å². The molecule has 0 N–H and O–H groups in total. The van der Waals surface area contributed by atoms with Gasteiger partial charge in [-0.25, -0.2) is 0 Å². The average molecular weight is 156 g/mol. The normalized spacial score (nSPS) is 14.9. The second-order valence-corrected chi connectivity index (χ2v) is 3.25. The molecule has 0 bridgehead atoms. The SMILES string of the molecule is [B]c1c(C)ccc2c1C(=O)CC2. The van der Waals surface area contributed by atoms with Crippen LogP contribution in [0.3, 0.4) is 0 Å². The second-order valence-electron chi connectivity index (χ2n) is 3.25. The summed E-state index contributed by atoms with van der Waals surface area (Å²) in [6.45, 7) is 1.93. The Morgan fingerprint density at radius 1 is 1.33 bits per heavy atom. The minimum absolute atomic E-state index is 0.200. The van der Waals surface area contributed by atoms with Crippen LogP contribution in [0.15, 0.2) is 12.1 Å². The van der Waals surface area contributed by atoms with Gasteiger partial charge in [-0.2, -0.15) is 0 Å². The molecule has 1 nitrogen and oxygen atoms in total. The Morgan fingerprint density at radius 3 is 2.83 bits per heavy atom. The van der Waals surface area contributed by atoms with Crippen LogP contribution in [0.2, 0.25) is 0 Å². The van der Waals surface area contributed by atoms with Crippen molar-refractivity contribution in [2.75, 3.05) is 0 Å². The van der Waals surface area contributed by atoms with E-state index >= 15 is 0 Å². The largest absolute Gasteiger partial charge is 0.294 e. The molecule has 0 spiro atoms. The van der Waals surface area contributed by atoms with Crippen molar-refractivity contribution in [1.29, 1.82) is 0 Å². The second kappa shape index (κ2) is 2.48. The van der Waals surface area contributed by atoms with Crippen LogP contribution < -0.4 is 5.46 Å². The first-order valence-electron chi connectivity index (χ1n) is 4.11. The van der Waals surface area contributed by atoms with Crippen molar-refractivity contribution in [3.63, 3.8) is 0 Å². The highest BCUT2D eigenvalue weighted by Gasteiger charge is 2.21. The highest BCUT2D eigenvalue weighted by atomic mass is 16.1. The first kappa shape index (κ1) is 7.60. The van der Waals surface area contributed by atoms with Crippen molar-refractivity contribution in [3.05, 3.63) is 28.8 Å². The van der Waals surface area contributed by atoms with Gasteiger partial charge in [0.25, 0.3) is 0 Å². The van der Waals surface area contributed by atoms with Gasteiger partial charge in [0.05, 0.1) is 0 Å². The van der Waals surface area contributed by atoms with E-state index in [0.717, 1.165) is 23.1 Å². The third-order valence-corrected chi connectivity index (χ3v) is 2.45. The highest BCUT2D eigenvalue weighted by molar-refractivity contribution is 6.38. The third kappa shape index (κ3) is 0.910. The molecule has 0 fully saturated rings. The number of carbonyl (C=O) groups is 1. The lowest BCUT2D eigenvalue weighted by Gasteiger charge is -2.05. The molecule has 0 unspecified atom stereocenters. The van der Waals surface area contributed by atoms with Crippen LogP contribution in [0.4, 0.5) is 0 Å². The van der Waals surface area contributed by atoms with Gasteiger partial charge in [-0.3, -0.25) is 4.79 Å². The molecule has 0 aliphatic heterocycles. The number of benzene rings is 1. The van der Waals surface area contributed by atoms with E-state index in [1.165, 1.54) is 0 Å². The van der Waals surface area contributed by atoms with Crippen LogP contribution in [-0.4, -0.2) is 13.6 Å². The maximum absolute atomic E-state index is 11.4. The third-order valence-electron chi connectivity index (χ3n) is 2.45. The molecule has 0 saturated carbocycles. The Hall–Kier alpha value is -1.05. The van der Waals surface area contributed by atoms with Gasteiger partial charge in [-0.15, -0.1) is 0 Å². The molecular formula is C10H9BO. The van der Waals surface area contributed by atoms with E-state index < -0.39 is 0 Å². The summed E-state index contributed by atoms with van der Waals surface area (Å²) in [6.07, 6.45) is 1.49. The number of hydrogen-bond donors (Lipinski definition) is 0. The standard InChI is InChI=1S/C10H9BO/c1-6-2-3-7-4-5-8(12)9(7)10(6)11/h2-3H,4-5H2,1H3. The summed E-state index contributed by atoms with van der Waals surface area (Å²) < 4.78 is 0. The zero-order valence-corrected chi connectivity index (χ0v) is 7.05. The van der Waals surface area contributed by atoms with E-state index in [1.807, 2.05) is 19.1 Å². The summed E-state index contributed by atoms with van der Waals surface area (Å²) >= 11 is 0. The van der Waals surface area contributed by atoms with E-state index in [1.54, 1.807) is 0 Å². The minimum atomic E-state index is 0.200. The fourth-order valence-corrected chi connectivity index (χ4v) is 1.68. The van der Waals surface area contributed by atoms with Crippen molar-refractivity contribution >= 4 is 19.1 Å². The molecule has 1 aromatic carbocycles. The summed E-state index contributed by atoms with van der Waals surface area (Å²) in [4.78, 5) is 11.4. The number of ketones is 1. The summed E-state index contributed by atoms with van der Waals surface area (Å²) in [5, 5.41) is 0. The van der Waals surface area contributed by atoms with Crippen molar-refractivity contribution < 1.29 is 4.79 Å². The van der Waals surface area contributed by atoms with Crippen LogP contribution in [0.1, 0.15) is 27.9 Å². The Balaban J connectivity index is 2.71. The average Bonchev–Trinajstić information content (AvgIpc) is 2.41. The first-order chi connectivity index (χ1) is 5.70. The topological polar surface area (TPSA) is 17.1 Å². The minimum Gasteiger partial charge on any atom is -0.294 e.